The van der Waals surface area contributed by atoms with Gasteiger partial charge in [-0.15, -0.1) is 0 Å². The van der Waals surface area contributed by atoms with Gasteiger partial charge < -0.3 is 20.3 Å². The third-order valence-electron chi connectivity index (χ3n) is 7.71. The second-order valence-corrected chi connectivity index (χ2v) is 9.43. The van der Waals surface area contributed by atoms with E-state index >= 15 is 0 Å². The molecular formula is C22H36N6O. The average Bonchev–Trinajstić information content (AvgIpc) is 3.46. The second-order valence-electron chi connectivity index (χ2n) is 9.43. The average molecular weight is 401 g/mol. The van der Waals surface area contributed by atoms with Crippen molar-refractivity contribution in [2.75, 3.05) is 31.1 Å². The lowest BCUT2D eigenvalue weighted by molar-refractivity contribution is -0.125. The van der Waals surface area contributed by atoms with E-state index in [-0.39, 0.29) is 0 Å². The van der Waals surface area contributed by atoms with E-state index < -0.39 is 0 Å². The zero-order chi connectivity index (χ0) is 19.8. The number of fused-ring (bicyclic) bond motifs is 2. The van der Waals surface area contributed by atoms with Gasteiger partial charge in [0.2, 0.25) is 0 Å². The van der Waals surface area contributed by atoms with E-state index in [2.05, 4.69) is 33.8 Å². The highest BCUT2D eigenvalue weighted by Gasteiger charge is 2.65. The van der Waals surface area contributed by atoms with Gasteiger partial charge in [0.1, 0.15) is 0 Å². The van der Waals surface area contributed by atoms with E-state index in [0.29, 0.717) is 29.5 Å². The lowest BCUT2D eigenvalue weighted by Crippen LogP contribution is -2.69. The third kappa shape index (κ3) is 3.41. The van der Waals surface area contributed by atoms with Crippen molar-refractivity contribution in [2.45, 2.75) is 70.1 Å². The van der Waals surface area contributed by atoms with Crippen molar-refractivity contribution in [1.82, 2.24) is 20.4 Å². The highest BCUT2D eigenvalue weighted by atomic mass is 16.5. The van der Waals surface area contributed by atoms with Gasteiger partial charge in [0.25, 0.3) is 0 Å². The van der Waals surface area contributed by atoms with Crippen LogP contribution in [-0.4, -0.2) is 60.2 Å². The van der Waals surface area contributed by atoms with Crippen molar-refractivity contribution in [3.63, 3.8) is 0 Å². The van der Waals surface area contributed by atoms with Crippen molar-refractivity contribution >= 4 is 11.6 Å². The molecule has 2 aliphatic heterocycles. The summed E-state index contributed by atoms with van der Waals surface area (Å²) in [7, 11) is 1.98. The van der Waals surface area contributed by atoms with Crippen LogP contribution >= 0.6 is 0 Å². The Bertz CT molecular complexity index is 739. The van der Waals surface area contributed by atoms with E-state index in [1.54, 1.807) is 0 Å². The maximum atomic E-state index is 6.16. The van der Waals surface area contributed by atoms with Crippen LogP contribution in [0.1, 0.15) is 51.9 Å². The summed E-state index contributed by atoms with van der Waals surface area (Å²) in [5.41, 5.74) is 1.57. The number of aliphatic imine (C=N–C) groups is 1. The molecule has 4 aliphatic rings. The Labute approximate surface area is 174 Å². The minimum absolute atomic E-state index is 0.353. The highest BCUT2D eigenvalue weighted by molar-refractivity contribution is 5.81. The number of ether oxygens (including phenoxy) is 1. The van der Waals surface area contributed by atoms with Gasteiger partial charge in [-0.1, -0.05) is 12.8 Å². The largest absolute Gasteiger partial charge is 0.377 e. The van der Waals surface area contributed by atoms with E-state index in [1.165, 1.54) is 50.6 Å². The smallest absolute Gasteiger partial charge is 0.191 e. The summed E-state index contributed by atoms with van der Waals surface area (Å²) in [6.45, 7) is 5.97. The molecule has 29 heavy (non-hydrogen) atoms. The predicted octanol–water partition coefficient (Wildman–Crippen LogP) is 2.29. The number of nitrogens with zero attached hydrogens (tertiary/aromatic N) is 4. The van der Waals surface area contributed by atoms with Crippen LogP contribution in [-0.2, 0) is 11.8 Å². The molecule has 4 fully saturated rings. The SMILES string of the molecule is CCN=C(NC1CCCN(c2cnn(C)c2)C1)NC1C2CCOC2C12CCCC2. The first kappa shape index (κ1) is 19.2. The van der Waals surface area contributed by atoms with Crippen molar-refractivity contribution in [2.24, 2.45) is 23.4 Å². The number of piperidine rings is 1. The van der Waals surface area contributed by atoms with Crippen LogP contribution in [0.5, 0.6) is 0 Å². The molecule has 5 rings (SSSR count). The minimum Gasteiger partial charge on any atom is -0.377 e. The quantitative estimate of drug-likeness (QED) is 0.600. The van der Waals surface area contributed by atoms with E-state index in [0.717, 1.165) is 32.2 Å². The number of anilines is 1. The molecular weight excluding hydrogens is 364 g/mol. The molecule has 2 saturated heterocycles. The summed E-state index contributed by atoms with van der Waals surface area (Å²) >= 11 is 0. The molecule has 0 radical (unpaired) electrons. The fourth-order valence-corrected chi connectivity index (χ4v) is 6.44. The molecule has 0 amide bonds. The van der Waals surface area contributed by atoms with E-state index in [9.17, 15) is 0 Å². The molecule has 4 unspecified atom stereocenters. The molecule has 7 nitrogen and oxygen atoms in total. The Hall–Kier alpha value is -1.76. The number of rotatable bonds is 4. The third-order valence-corrected chi connectivity index (χ3v) is 7.71. The van der Waals surface area contributed by atoms with E-state index in [4.69, 9.17) is 9.73 Å². The van der Waals surface area contributed by atoms with Crippen LogP contribution in [0.25, 0.3) is 0 Å². The van der Waals surface area contributed by atoms with Crippen LogP contribution in [0.4, 0.5) is 5.69 Å². The van der Waals surface area contributed by atoms with Gasteiger partial charge in [0, 0.05) is 62.9 Å². The van der Waals surface area contributed by atoms with Gasteiger partial charge in [-0.05, 0) is 39.0 Å². The molecule has 2 aliphatic carbocycles. The number of aromatic nitrogens is 2. The molecule has 1 spiro atoms. The Morgan fingerprint density at radius 2 is 2.14 bits per heavy atom. The second kappa shape index (κ2) is 7.82. The van der Waals surface area contributed by atoms with Gasteiger partial charge in [0.05, 0.1) is 18.0 Å². The normalized spacial score (nSPS) is 33.6. The lowest BCUT2D eigenvalue weighted by atomic mass is 9.54. The molecule has 0 bridgehead atoms. The maximum absolute atomic E-state index is 6.16. The minimum atomic E-state index is 0.353. The molecule has 1 aromatic rings. The number of guanidine groups is 1. The first-order chi connectivity index (χ1) is 14.2. The summed E-state index contributed by atoms with van der Waals surface area (Å²) in [6, 6.07) is 0.935. The molecule has 3 heterocycles. The van der Waals surface area contributed by atoms with Crippen LogP contribution in [0, 0.1) is 11.3 Å². The summed E-state index contributed by atoms with van der Waals surface area (Å²) in [6.07, 6.45) is 13.5. The predicted molar refractivity (Wildman–Crippen MR) is 115 cm³/mol. The fourth-order valence-electron chi connectivity index (χ4n) is 6.44. The first-order valence-electron chi connectivity index (χ1n) is 11.6. The first-order valence-corrected chi connectivity index (χ1v) is 11.6. The summed E-state index contributed by atoms with van der Waals surface area (Å²) in [4.78, 5) is 7.27. The monoisotopic (exact) mass is 400 g/mol. The molecule has 4 atom stereocenters. The van der Waals surface area contributed by atoms with Crippen molar-refractivity contribution in [3.8, 4) is 0 Å². The zero-order valence-electron chi connectivity index (χ0n) is 17.9. The fraction of sp³-hybridized carbons (Fsp3) is 0.818. The number of hydrogen-bond donors (Lipinski definition) is 2. The van der Waals surface area contributed by atoms with Crippen LogP contribution in [0.2, 0.25) is 0 Å². The summed E-state index contributed by atoms with van der Waals surface area (Å²) in [5.74, 6) is 1.67. The molecule has 0 aromatic carbocycles. The molecule has 7 heteroatoms. The molecule has 2 saturated carbocycles. The molecule has 1 aromatic heterocycles. The maximum Gasteiger partial charge on any atom is 0.191 e. The van der Waals surface area contributed by atoms with Gasteiger partial charge in [0.15, 0.2) is 5.96 Å². The number of hydrogen-bond acceptors (Lipinski definition) is 4. The van der Waals surface area contributed by atoms with Gasteiger partial charge in [-0.3, -0.25) is 9.67 Å². The Morgan fingerprint density at radius 3 is 2.90 bits per heavy atom. The number of aryl methyl sites for hydroxylation is 1. The highest BCUT2D eigenvalue weighted by Crippen LogP contribution is 2.60. The summed E-state index contributed by atoms with van der Waals surface area (Å²) in [5, 5.41) is 12.0. The van der Waals surface area contributed by atoms with Gasteiger partial charge >= 0.3 is 0 Å². The van der Waals surface area contributed by atoms with Gasteiger partial charge in [-0.25, -0.2) is 0 Å². The van der Waals surface area contributed by atoms with Gasteiger partial charge in [-0.2, -0.15) is 5.10 Å². The lowest BCUT2D eigenvalue weighted by Gasteiger charge is -2.57. The van der Waals surface area contributed by atoms with E-state index in [1.807, 2.05) is 17.9 Å². The number of nitrogens with one attached hydrogen (secondary N) is 2. The standard InChI is InChI=1S/C22H36N6O/c1-3-23-21(25-16-7-6-11-28(14-16)17-13-24-27(2)15-17)26-19-18-8-12-29-20(18)22(19)9-4-5-10-22/h13,15-16,18-20H,3-12,14H2,1-2H3,(H2,23,25,26). The van der Waals surface area contributed by atoms with Crippen molar-refractivity contribution in [1.29, 1.82) is 0 Å². The zero-order valence-corrected chi connectivity index (χ0v) is 17.9. The Balaban J connectivity index is 1.25. The molecule has 160 valence electrons. The van der Waals surface area contributed by atoms with Crippen LogP contribution in [0.3, 0.4) is 0 Å². The Morgan fingerprint density at radius 1 is 1.28 bits per heavy atom. The van der Waals surface area contributed by atoms with Crippen molar-refractivity contribution < 1.29 is 4.74 Å². The van der Waals surface area contributed by atoms with Crippen LogP contribution < -0.4 is 15.5 Å². The Kier molecular flexibility index (Phi) is 5.18. The summed E-state index contributed by atoms with van der Waals surface area (Å²) < 4.78 is 8.05. The molecule has 2 N–H and O–H groups in total. The van der Waals surface area contributed by atoms with Crippen molar-refractivity contribution in [3.05, 3.63) is 12.4 Å². The van der Waals surface area contributed by atoms with Crippen LogP contribution in [0.15, 0.2) is 17.4 Å². The topological polar surface area (TPSA) is 66.7 Å².